The van der Waals surface area contributed by atoms with Crippen LogP contribution < -0.4 is 0 Å². The second-order valence-corrected chi connectivity index (χ2v) is 4.46. The van der Waals surface area contributed by atoms with Crippen molar-refractivity contribution in [3.63, 3.8) is 0 Å². The molecular weight excluding hydrogens is 204 g/mol. The van der Waals surface area contributed by atoms with E-state index in [2.05, 4.69) is 5.10 Å². The number of carbonyl (C=O) groups excluding carboxylic acids is 1. The Kier molecular flexibility index (Phi) is 3.10. The quantitative estimate of drug-likeness (QED) is 0.734. The van der Waals surface area contributed by atoms with Gasteiger partial charge in [-0.15, -0.1) is 0 Å². The maximum absolute atomic E-state index is 12.4. The van der Waals surface area contributed by atoms with E-state index in [9.17, 15) is 4.79 Å². The second-order valence-electron chi connectivity index (χ2n) is 4.46. The van der Waals surface area contributed by atoms with Gasteiger partial charge >= 0.3 is 0 Å². The zero-order valence-electron chi connectivity index (χ0n) is 9.90. The maximum atomic E-state index is 12.4. The van der Waals surface area contributed by atoms with Gasteiger partial charge in [-0.3, -0.25) is 9.48 Å². The number of ketones is 1. The Bertz CT molecular complexity index is 378. The van der Waals surface area contributed by atoms with Crippen molar-refractivity contribution >= 4 is 5.78 Å². The third kappa shape index (κ3) is 1.89. The summed E-state index contributed by atoms with van der Waals surface area (Å²) in [5, 5.41) is 4.17. The molecule has 0 aromatic carbocycles. The molecule has 0 radical (unpaired) electrons. The molecule has 1 aromatic rings. The summed E-state index contributed by atoms with van der Waals surface area (Å²) in [7, 11) is 3.45. The predicted molar refractivity (Wildman–Crippen MR) is 60.4 cm³/mol. The Morgan fingerprint density at radius 1 is 1.44 bits per heavy atom. The zero-order chi connectivity index (χ0) is 11.6. The normalized spacial score (nSPS) is 19.6. The summed E-state index contributed by atoms with van der Waals surface area (Å²) in [6.07, 6.45) is 6.75. The van der Waals surface area contributed by atoms with E-state index in [0.29, 0.717) is 5.69 Å². The van der Waals surface area contributed by atoms with Crippen LogP contribution >= 0.6 is 0 Å². The van der Waals surface area contributed by atoms with Crippen LogP contribution in [-0.2, 0) is 11.8 Å². The molecule has 1 aliphatic carbocycles. The van der Waals surface area contributed by atoms with Crippen LogP contribution in [0.25, 0.3) is 0 Å². The van der Waals surface area contributed by atoms with Crippen molar-refractivity contribution < 1.29 is 9.53 Å². The van der Waals surface area contributed by atoms with Crippen LogP contribution in [0.1, 0.15) is 42.6 Å². The molecule has 88 valence electrons. The standard InChI is InChI=1S/C12H18N2O2/c1-14-9-6-10(13-14)11(15)12(16-2)7-4-3-5-8-12/h6,9H,3-5,7-8H2,1-2H3. The number of methoxy groups -OCH3 is 1. The van der Waals surface area contributed by atoms with Crippen molar-refractivity contribution in [2.75, 3.05) is 7.11 Å². The first-order valence-corrected chi connectivity index (χ1v) is 5.77. The summed E-state index contributed by atoms with van der Waals surface area (Å²) < 4.78 is 7.16. The molecule has 1 saturated carbocycles. The van der Waals surface area contributed by atoms with Gasteiger partial charge in [-0.2, -0.15) is 5.10 Å². The van der Waals surface area contributed by atoms with E-state index in [1.165, 1.54) is 6.42 Å². The Morgan fingerprint density at radius 2 is 2.12 bits per heavy atom. The van der Waals surface area contributed by atoms with E-state index >= 15 is 0 Å². The van der Waals surface area contributed by atoms with Crippen molar-refractivity contribution in [2.24, 2.45) is 7.05 Å². The molecule has 0 atom stereocenters. The molecule has 1 aliphatic rings. The fraction of sp³-hybridized carbons (Fsp3) is 0.667. The number of nitrogens with zero attached hydrogens (tertiary/aromatic N) is 2. The molecule has 1 heterocycles. The van der Waals surface area contributed by atoms with Gasteiger partial charge in [-0.05, 0) is 18.9 Å². The highest BCUT2D eigenvalue weighted by atomic mass is 16.5. The number of carbonyl (C=O) groups is 1. The number of hydrogen-bond acceptors (Lipinski definition) is 3. The summed E-state index contributed by atoms with van der Waals surface area (Å²) >= 11 is 0. The van der Waals surface area contributed by atoms with Crippen LogP contribution in [0.4, 0.5) is 0 Å². The first-order chi connectivity index (χ1) is 7.68. The number of hydrogen-bond donors (Lipinski definition) is 0. The average molecular weight is 222 g/mol. The topological polar surface area (TPSA) is 44.1 Å². The molecule has 16 heavy (non-hydrogen) atoms. The van der Waals surface area contributed by atoms with E-state index in [4.69, 9.17) is 4.74 Å². The largest absolute Gasteiger partial charge is 0.370 e. The Morgan fingerprint density at radius 3 is 2.62 bits per heavy atom. The molecule has 4 heteroatoms. The van der Waals surface area contributed by atoms with Gasteiger partial charge in [0.2, 0.25) is 5.78 Å². The summed E-state index contributed by atoms with van der Waals surface area (Å²) in [5.41, 5.74) is -0.0988. The lowest BCUT2D eigenvalue weighted by molar-refractivity contribution is -0.0198. The molecule has 0 amide bonds. The minimum atomic E-state index is -0.618. The first kappa shape index (κ1) is 11.3. The van der Waals surface area contributed by atoms with Gasteiger partial charge in [-0.25, -0.2) is 0 Å². The van der Waals surface area contributed by atoms with Crippen LogP contribution in [-0.4, -0.2) is 28.3 Å². The van der Waals surface area contributed by atoms with Gasteiger partial charge < -0.3 is 4.74 Å². The highest BCUT2D eigenvalue weighted by Crippen LogP contribution is 2.33. The molecule has 0 saturated heterocycles. The van der Waals surface area contributed by atoms with Gasteiger partial charge in [-0.1, -0.05) is 19.3 Å². The number of aryl methyl sites for hydroxylation is 1. The van der Waals surface area contributed by atoms with Crippen LogP contribution in [0.3, 0.4) is 0 Å². The van der Waals surface area contributed by atoms with Crippen molar-refractivity contribution in [3.05, 3.63) is 18.0 Å². The van der Waals surface area contributed by atoms with Gasteiger partial charge in [0.25, 0.3) is 0 Å². The molecule has 4 nitrogen and oxygen atoms in total. The average Bonchev–Trinajstić information content (AvgIpc) is 2.76. The van der Waals surface area contributed by atoms with Crippen LogP contribution in [0.5, 0.6) is 0 Å². The molecular formula is C12H18N2O2. The van der Waals surface area contributed by atoms with Gasteiger partial charge in [0.05, 0.1) is 0 Å². The Hall–Kier alpha value is -1.16. The molecule has 2 rings (SSSR count). The molecule has 0 aliphatic heterocycles. The van der Waals surface area contributed by atoms with E-state index < -0.39 is 5.60 Å². The van der Waals surface area contributed by atoms with E-state index in [1.54, 1.807) is 24.1 Å². The lowest BCUT2D eigenvalue weighted by Gasteiger charge is -2.33. The number of rotatable bonds is 3. The first-order valence-electron chi connectivity index (χ1n) is 5.77. The fourth-order valence-electron chi connectivity index (χ4n) is 2.42. The molecule has 0 spiro atoms. The SMILES string of the molecule is COC1(C(=O)c2ccn(C)n2)CCCCC1. The third-order valence-corrected chi connectivity index (χ3v) is 3.41. The van der Waals surface area contributed by atoms with E-state index in [0.717, 1.165) is 25.7 Å². The number of aromatic nitrogens is 2. The van der Waals surface area contributed by atoms with Crippen molar-refractivity contribution in [1.29, 1.82) is 0 Å². The molecule has 1 aromatic heterocycles. The zero-order valence-corrected chi connectivity index (χ0v) is 9.90. The van der Waals surface area contributed by atoms with E-state index in [-0.39, 0.29) is 5.78 Å². The molecule has 0 unspecified atom stereocenters. The minimum Gasteiger partial charge on any atom is -0.370 e. The monoisotopic (exact) mass is 222 g/mol. The molecule has 1 fully saturated rings. The minimum absolute atomic E-state index is 0.0373. The van der Waals surface area contributed by atoms with Crippen LogP contribution in [0.2, 0.25) is 0 Å². The molecule has 0 bridgehead atoms. The highest BCUT2D eigenvalue weighted by Gasteiger charge is 2.40. The lowest BCUT2D eigenvalue weighted by atomic mass is 9.80. The lowest BCUT2D eigenvalue weighted by Crippen LogP contribution is -2.42. The number of ether oxygens (including phenoxy) is 1. The fourth-order valence-corrected chi connectivity index (χ4v) is 2.42. The third-order valence-electron chi connectivity index (χ3n) is 3.41. The van der Waals surface area contributed by atoms with Gasteiger partial charge in [0.1, 0.15) is 11.3 Å². The van der Waals surface area contributed by atoms with Crippen molar-refractivity contribution in [2.45, 2.75) is 37.7 Å². The summed E-state index contributed by atoms with van der Waals surface area (Å²) in [6, 6.07) is 1.76. The van der Waals surface area contributed by atoms with Gasteiger partial charge in [0.15, 0.2) is 0 Å². The van der Waals surface area contributed by atoms with Crippen LogP contribution in [0.15, 0.2) is 12.3 Å². The van der Waals surface area contributed by atoms with Crippen molar-refractivity contribution in [3.8, 4) is 0 Å². The molecule has 0 N–H and O–H groups in total. The van der Waals surface area contributed by atoms with Crippen LogP contribution in [0, 0.1) is 0 Å². The van der Waals surface area contributed by atoms with E-state index in [1.807, 2.05) is 7.05 Å². The smallest absolute Gasteiger partial charge is 0.214 e. The summed E-state index contributed by atoms with van der Waals surface area (Å²) in [6.45, 7) is 0. The Balaban J connectivity index is 2.24. The highest BCUT2D eigenvalue weighted by molar-refractivity contribution is 6.01. The predicted octanol–water partition coefficient (Wildman–Crippen LogP) is 1.95. The second kappa shape index (κ2) is 4.37. The Labute approximate surface area is 95.6 Å². The summed E-state index contributed by atoms with van der Waals surface area (Å²) in [5.74, 6) is 0.0373. The van der Waals surface area contributed by atoms with Crippen molar-refractivity contribution in [1.82, 2.24) is 9.78 Å². The van der Waals surface area contributed by atoms with Gasteiger partial charge in [0, 0.05) is 20.4 Å². The maximum Gasteiger partial charge on any atom is 0.214 e. The summed E-state index contributed by atoms with van der Waals surface area (Å²) in [4.78, 5) is 12.4. The number of Topliss-reactive ketones (excluding diaryl/α,β-unsaturated/α-hetero) is 1.